The minimum absolute atomic E-state index is 0.0295. The Labute approximate surface area is 420 Å². The van der Waals surface area contributed by atoms with Crippen molar-refractivity contribution in [2.75, 3.05) is 0 Å². The molecule has 0 saturated carbocycles. The maximum absolute atomic E-state index is 7.08. The summed E-state index contributed by atoms with van der Waals surface area (Å²) >= 11 is 0. The summed E-state index contributed by atoms with van der Waals surface area (Å²) in [6.07, 6.45) is 2.77. The molecule has 0 radical (unpaired) electrons. The minimum Gasteiger partial charge on any atom is -0.399 e. The Morgan fingerprint density at radius 2 is 1.13 bits per heavy atom. The van der Waals surface area contributed by atoms with E-state index < -0.39 is 0 Å². The molecular formula is C68H61BNO+. The molecule has 2 unspecified atom stereocenters. The van der Waals surface area contributed by atoms with Gasteiger partial charge in [-0.15, -0.1) is 0 Å². The van der Waals surface area contributed by atoms with E-state index in [0.717, 1.165) is 41.8 Å². The van der Waals surface area contributed by atoms with Crippen LogP contribution in [0.5, 0.6) is 0 Å². The van der Waals surface area contributed by atoms with Crippen molar-refractivity contribution in [1.29, 1.82) is 0 Å². The maximum Gasteiger partial charge on any atom is 0.563 e. The third-order valence-electron chi connectivity index (χ3n) is 15.6. The lowest BCUT2D eigenvalue weighted by atomic mass is 9.41. The molecule has 1 aromatic heterocycles. The van der Waals surface area contributed by atoms with E-state index in [2.05, 4.69) is 258 Å². The molecule has 0 aliphatic carbocycles. The van der Waals surface area contributed by atoms with E-state index in [9.17, 15) is 0 Å². The van der Waals surface area contributed by atoms with Crippen molar-refractivity contribution in [2.24, 2.45) is 0 Å². The Hall–Kier alpha value is -7.49. The summed E-state index contributed by atoms with van der Waals surface area (Å²) in [5.41, 5.74) is 24.6. The van der Waals surface area contributed by atoms with E-state index in [0.29, 0.717) is 0 Å². The largest absolute Gasteiger partial charge is 0.563 e. The summed E-state index contributed by atoms with van der Waals surface area (Å²) < 4.78 is 9.62. The molecule has 0 bridgehead atoms. The van der Waals surface area contributed by atoms with E-state index in [1.165, 1.54) is 88.8 Å². The number of oxazole rings is 1. The second-order valence-electron chi connectivity index (χ2n) is 22.2. The fraction of sp³-hybridized carbons (Fsp3) is 0.191. The number of aryl methyl sites for hydroxylation is 1. The number of hydrogen-bond acceptors (Lipinski definition) is 1. The number of para-hydroxylation sites is 1. The average molecular weight is 919 g/mol. The van der Waals surface area contributed by atoms with Gasteiger partial charge in [0.15, 0.2) is 0 Å². The standard InChI is InChI=1S/C68H61BNO/c1-67(2,3)53-35-30-45(31-36-53)40-57(47-22-13-8-14-23-47)52-42-60-55(38-33-49-32-37-54(68(4,5)6)44-58(49)48-24-15-9-16-25-48)59-41-51(46-20-11-7-12-21-46)34-39-62(59)69-64(60)61(43-52)56-28-19-29-63-65(56)70(69)66(71-63)50-26-17-10-18-27-50/h7-32,34-37,39,41-44,55,57H,33,38,40H2,1-6H3/q+1. The number of fused-ring (bicyclic) bond motifs is 4. The second kappa shape index (κ2) is 17.7. The molecule has 2 nitrogen and oxygen atoms in total. The fourth-order valence-corrected chi connectivity index (χ4v) is 11.8. The SMILES string of the molecule is CC(C)(C)c1ccc(CC(c2ccccc2)c2cc3c4c(c2)C(CCc2ccc(C(C)(C)C)cc2-c2ccccc2)c2cc(-c5ccccc5)ccc2B4[n+]2c(-c4ccccc4)oc4cccc-3c42)cc1. The average Bonchev–Trinajstić information content (AvgIpc) is 3.79. The fourth-order valence-electron chi connectivity index (χ4n) is 11.8. The van der Waals surface area contributed by atoms with Crippen LogP contribution in [0, 0.1) is 0 Å². The number of benzene rings is 9. The Morgan fingerprint density at radius 3 is 1.80 bits per heavy atom. The highest BCUT2D eigenvalue weighted by Gasteiger charge is 2.53. The van der Waals surface area contributed by atoms with Crippen molar-refractivity contribution in [3.8, 4) is 44.8 Å². The summed E-state index contributed by atoms with van der Waals surface area (Å²) in [6.45, 7) is 13.8. The zero-order valence-electron chi connectivity index (χ0n) is 41.9. The van der Waals surface area contributed by atoms with Crippen LogP contribution < -0.4 is 15.4 Å². The van der Waals surface area contributed by atoms with Crippen LogP contribution in [0.15, 0.2) is 217 Å². The van der Waals surface area contributed by atoms with Gasteiger partial charge in [-0.3, -0.25) is 0 Å². The monoisotopic (exact) mass is 918 g/mol. The first-order chi connectivity index (χ1) is 34.5. The van der Waals surface area contributed by atoms with Crippen molar-refractivity contribution >= 4 is 28.9 Å². The van der Waals surface area contributed by atoms with Gasteiger partial charge in [-0.1, -0.05) is 230 Å². The lowest BCUT2D eigenvalue weighted by molar-refractivity contribution is -0.495. The molecule has 2 aliphatic rings. The number of nitrogens with zero attached hydrogens (tertiary/aromatic N) is 1. The normalized spacial score (nSPS) is 14.3. The van der Waals surface area contributed by atoms with Gasteiger partial charge in [0.25, 0.3) is 0 Å². The maximum atomic E-state index is 7.08. The van der Waals surface area contributed by atoms with Gasteiger partial charge in [0.2, 0.25) is 11.1 Å². The van der Waals surface area contributed by atoms with Gasteiger partial charge in [0, 0.05) is 22.8 Å². The highest BCUT2D eigenvalue weighted by molar-refractivity contribution is 6.81. The van der Waals surface area contributed by atoms with Crippen LogP contribution in [0.4, 0.5) is 0 Å². The molecule has 10 aromatic rings. The van der Waals surface area contributed by atoms with E-state index in [-0.39, 0.29) is 29.5 Å². The molecular weight excluding hydrogens is 858 g/mol. The van der Waals surface area contributed by atoms with Crippen LogP contribution >= 0.6 is 0 Å². The third kappa shape index (κ3) is 8.16. The van der Waals surface area contributed by atoms with Crippen molar-refractivity contribution in [3.05, 3.63) is 257 Å². The Morgan fingerprint density at radius 1 is 0.493 bits per heavy atom. The minimum atomic E-state index is -0.0949. The molecule has 9 aromatic carbocycles. The predicted molar refractivity (Wildman–Crippen MR) is 297 cm³/mol. The van der Waals surface area contributed by atoms with E-state index in [1.54, 1.807) is 0 Å². The molecule has 12 rings (SSSR count). The summed E-state index contributed by atoms with van der Waals surface area (Å²) in [5.74, 6) is 1.13. The van der Waals surface area contributed by atoms with E-state index in [1.807, 2.05) is 0 Å². The zero-order valence-corrected chi connectivity index (χ0v) is 41.9. The summed E-state index contributed by atoms with van der Waals surface area (Å²) in [4.78, 5) is 0. The van der Waals surface area contributed by atoms with E-state index in [4.69, 9.17) is 4.42 Å². The van der Waals surface area contributed by atoms with Gasteiger partial charge >= 0.3 is 12.7 Å². The van der Waals surface area contributed by atoms with Crippen LogP contribution in [-0.2, 0) is 23.7 Å². The number of hydrogen-bond donors (Lipinski definition) is 0. The van der Waals surface area contributed by atoms with Gasteiger partial charge in [-0.05, 0) is 127 Å². The van der Waals surface area contributed by atoms with Crippen LogP contribution in [0.3, 0.4) is 0 Å². The molecule has 0 saturated heterocycles. The van der Waals surface area contributed by atoms with Crippen molar-refractivity contribution in [2.45, 2.75) is 83.5 Å². The van der Waals surface area contributed by atoms with Crippen LogP contribution in [0.25, 0.3) is 55.9 Å². The highest BCUT2D eigenvalue weighted by atomic mass is 16.4. The van der Waals surface area contributed by atoms with Crippen LogP contribution in [0.2, 0.25) is 0 Å². The van der Waals surface area contributed by atoms with Crippen molar-refractivity contribution in [1.82, 2.24) is 0 Å². The Balaban J connectivity index is 1.11. The van der Waals surface area contributed by atoms with Gasteiger partial charge in [0.05, 0.1) is 11.1 Å². The molecule has 3 heteroatoms. The molecule has 0 fully saturated rings. The number of aromatic nitrogens is 1. The van der Waals surface area contributed by atoms with E-state index >= 15 is 0 Å². The first-order valence-electron chi connectivity index (χ1n) is 25.7. The molecule has 0 amide bonds. The first kappa shape index (κ1) is 44.7. The second-order valence-corrected chi connectivity index (χ2v) is 22.2. The Kier molecular flexibility index (Phi) is 11.2. The summed E-state index contributed by atoms with van der Waals surface area (Å²) in [6, 6.07) is 79.9. The highest BCUT2D eigenvalue weighted by Crippen LogP contribution is 2.44. The van der Waals surface area contributed by atoms with Crippen molar-refractivity contribution in [3.63, 3.8) is 0 Å². The summed E-state index contributed by atoms with van der Waals surface area (Å²) in [7, 11) is 0. The molecule has 0 spiro atoms. The molecule has 2 atom stereocenters. The van der Waals surface area contributed by atoms with Gasteiger partial charge in [0.1, 0.15) is 0 Å². The zero-order chi connectivity index (χ0) is 48.4. The molecule has 3 heterocycles. The molecule has 0 N–H and O–H groups in total. The van der Waals surface area contributed by atoms with Gasteiger partial charge in [-0.2, -0.15) is 0 Å². The topological polar surface area (TPSA) is 17.0 Å². The first-order valence-corrected chi connectivity index (χ1v) is 25.7. The molecule has 346 valence electrons. The molecule has 2 aliphatic heterocycles. The lowest BCUT2D eigenvalue weighted by Crippen LogP contribution is -2.71. The van der Waals surface area contributed by atoms with Gasteiger partial charge in [-0.25, -0.2) is 4.48 Å². The molecule has 71 heavy (non-hydrogen) atoms. The smallest absolute Gasteiger partial charge is 0.399 e. The quantitative estimate of drug-likeness (QED) is 0.125. The van der Waals surface area contributed by atoms with Gasteiger partial charge < -0.3 is 4.42 Å². The third-order valence-corrected chi connectivity index (χ3v) is 15.6. The Bertz CT molecular complexity index is 3560. The predicted octanol–water partition coefficient (Wildman–Crippen LogP) is 15.4. The number of rotatable bonds is 10. The van der Waals surface area contributed by atoms with Crippen molar-refractivity contribution < 1.29 is 8.90 Å². The lowest BCUT2D eigenvalue weighted by Gasteiger charge is -2.34. The summed E-state index contributed by atoms with van der Waals surface area (Å²) in [5, 5.41) is 0. The van der Waals surface area contributed by atoms with Crippen LogP contribution in [0.1, 0.15) is 104 Å². The van der Waals surface area contributed by atoms with Crippen LogP contribution in [-0.4, -0.2) is 6.85 Å².